The molecule has 0 aliphatic carbocycles. The minimum atomic E-state index is -0.547. The van der Waals surface area contributed by atoms with E-state index in [4.69, 9.17) is 0 Å². The van der Waals surface area contributed by atoms with Crippen LogP contribution in [-0.4, -0.2) is 9.97 Å². The highest BCUT2D eigenvalue weighted by Crippen LogP contribution is 2.08. The number of pyridine rings is 2. The average Bonchev–Trinajstić information content (AvgIpc) is 2.27. The van der Waals surface area contributed by atoms with Crippen molar-refractivity contribution in [3.05, 3.63) is 57.4 Å². The Morgan fingerprint density at radius 3 is 2.83 bits per heavy atom. The molecule has 2 aromatic heterocycles. The van der Waals surface area contributed by atoms with Crippen molar-refractivity contribution < 1.29 is 4.39 Å². The zero-order valence-electron chi connectivity index (χ0n) is 10.2. The van der Waals surface area contributed by atoms with Crippen LogP contribution in [0.15, 0.2) is 29.1 Å². The van der Waals surface area contributed by atoms with Crippen LogP contribution in [0.25, 0.3) is 0 Å². The number of hydrogen-bond donors (Lipinski definition) is 2. The second-order valence-corrected chi connectivity index (χ2v) is 4.14. The molecule has 2 aromatic rings. The van der Waals surface area contributed by atoms with Gasteiger partial charge in [-0.25, -0.2) is 4.98 Å². The van der Waals surface area contributed by atoms with E-state index < -0.39 is 5.95 Å². The maximum absolute atomic E-state index is 12.9. The van der Waals surface area contributed by atoms with Crippen molar-refractivity contribution in [3.63, 3.8) is 0 Å². The molecule has 0 aliphatic heterocycles. The van der Waals surface area contributed by atoms with E-state index in [0.717, 1.165) is 11.3 Å². The summed E-state index contributed by atoms with van der Waals surface area (Å²) in [7, 11) is 0. The second-order valence-electron chi connectivity index (χ2n) is 4.14. The zero-order chi connectivity index (χ0) is 13.1. The van der Waals surface area contributed by atoms with Gasteiger partial charge in [0.05, 0.1) is 0 Å². The number of aromatic amines is 1. The first kappa shape index (κ1) is 12.3. The van der Waals surface area contributed by atoms with Crippen molar-refractivity contribution in [1.82, 2.24) is 9.97 Å². The SMILES string of the molecule is Cc1cc(C)c(CNc2cccc(F)n2)c(=O)[nH]1. The summed E-state index contributed by atoms with van der Waals surface area (Å²) in [5, 5.41) is 2.93. The molecule has 5 heteroatoms. The molecule has 94 valence electrons. The van der Waals surface area contributed by atoms with Gasteiger partial charge in [0.1, 0.15) is 5.82 Å². The average molecular weight is 247 g/mol. The van der Waals surface area contributed by atoms with Crippen LogP contribution < -0.4 is 10.9 Å². The Balaban J connectivity index is 2.18. The van der Waals surface area contributed by atoms with Crippen LogP contribution in [0.2, 0.25) is 0 Å². The monoisotopic (exact) mass is 247 g/mol. The minimum absolute atomic E-state index is 0.128. The lowest BCUT2D eigenvalue weighted by Gasteiger charge is -2.08. The van der Waals surface area contributed by atoms with E-state index in [-0.39, 0.29) is 5.56 Å². The molecule has 2 rings (SSSR count). The standard InChI is InChI=1S/C13H14FN3O/c1-8-6-9(2)16-13(18)10(8)7-15-12-5-3-4-11(14)17-12/h3-6H,7H2,1-2H3,(H,15,17)(H,16,18). The lowest BCUT2D eigenvalue weighted by molar-refractivity contribution is 0.585. The van der Waals surface area contributed by atoms with Crippen molar-refractivity contribution in [2.75, 3.05) is 5.32 Å². The van der Waals surface area contributed by atoms with Crippen LogP contribution in [0, 0.1) is 19.8 Å². The third-order valence-corrected chi connectivity index (χ3v) is 2.66. The Hall–Kier alpha value is -2.17. The molecule has 2 N–H and O–H groups in total. The topological polar surface area (TPSA) is 57.8 Å². The number of nitrogens with zero attached hydrogens (tertiary/aromatic N) is 1. The molecule has 0 saturated heterocycles. The summed E-state index contributed by atoms with van der Waals surface area (Å²) in [5.41, 5.74) is 2.23. The number of aryl methyl sites for hydroxylation is 2. The fourth-order valence-corrected chi connectivity index (χ4v) is 1.79. The van der Waals surface area contributed by atoms with Gasteiger partial charge < -0.3 is 10.3 Å². The predicted octanol–water partition coefficient (Wildman–Crippen LogP) is 2.14. The molecule has 0 saturated carbocycles. The van der Waals surface area contributed by atoms with Crippen molar-refractivity contribution in [1.29, 1.82) is 0 Å². The summed E-state index contributed by atoms with van der Waals surface area (Å²) >= 11 is 0. The van der Waals surface area contributed by atoms with Crippen LogP contribution in [-0.2, 0) is 6.54 Å². The summed E-state index contributed by atoms with van der Waals surface area (Å²) in [4.78, 5) is 18.2. The molecular formula is C13H14FN3O. The molecule has 18 heavy (non-hydrogen) atoms. The van der Waals surface area contributed by atoms with Gasteiger partial charge in [-0.15, -0.1) is 0 Å². The summed E-state index contributed by atoms with van der Waals surface area (Å²) in [6.45, 7) is 4.02. The number of anilines is 1. The molecule has 0 radical (unpaired) electrons. The lowest BCUT2D eigenvalue weighted by Crippen LogP contribution is -2.18. The molecule has 0 bridgehead atoms. The highest BCUT2D eigenvalue weighted by molar-refractivity contribution is 5.36. The van der Waals surface area contributed by atoms with Gasteiger partial charge in [0.25, 0.3) is 5.56 Å². The van der Waals surface area contributed by atoms with Crippen molar-refractivity contribution in [2.45, 2.75) is 20.4 Å². The van der Waals surface area contributed by atoms with E-state index >= 15 is 0 Å². The molecule has 0 fully saturated rings. The van der Waals surface area contributed by atoms with Gasteiger partial charge in [-0.3, -0.25) is 4.79 Å². The van der Waals surface area contributed by atoms with Gasteiger partial charge in [0, 0.05) is 17.8 Å². The Morgan fingerprint density at radius 2 is 2.17 bits per heavy atom. The molecular weight excluding hydrogens is 233 g/mol. The summed E-state index contributed by atoms with van der Waals surface area (Å²) in [5.74, 6) is -0.135. The normalized spacial score (nSPS) is 10.4. The van der Waals surface area contributed by atoms with Crippen LogP contribution in [0.3, 0.4) is 0 Å². The third-order valence-electron chi connectivity index (χ3n) is 2.66. The molecule has 0 spiro atoms. The lowest BCUT2D eigenvalue weighted by atomic mass is 10.1. The summed E-state index contributed by atoms with van der Waals surface area (Å²) in [6.07, 6.45) is 0. The van der Waals surface area contributed by atoms with Crippen molar-refractivity contribution in [2.24, 2.45) is 0 Å². The molecule has 4 nitrogen and oxygen atoms in total. The number of H-pyrrole nitrogens is 1. The smallest absolute Gasteiger partial charge is 0.253 e. The zero-order valence-corrected chi connectivity index (χ0v) is 10.2. The van der Waals surface area contributed by atoms with Crippen LogP contribution >= 0.6 is 0 Å². The summed E-state index contributed by atoms with van der Waals surface area (Å²) < 4.78 is 12.9. The van der Waals surface area contributed by atoms with Gasteiger partial charge in [-0.2, -0.15) is 4.39 Å². The molecule has 0 atom stereocenters. The fourth-order valence-electron chi connectivity index (χ4n) is 1.79. The Morgan fingerprint density at radius 1 is 1.39 bits per heavy atom. The first-order valence-electron chi connectivity index (χ1n) is 5.62. The van der Waals surface area contributed by atoms with E-state index in [0.29, 0.717) is 17.9 Å². The van der Waals surface area contributed by atoms with Crippen LogP contribution in [0.5, 0.6) is 0 Å². The van der Waals surface area contributed by atoms with Crippen LogP contribution in [0.1, 0.15) is 16.8 Å². The van der Waals surface area contributed by atoms with Gasteiger partial charge in [0.15, 0.2) is 0 Å². The molecule has 0 unspecified atom stereocenters. The first-order valence-corrected chi connectivity index (χ1v) is 5.62. The van der Waals surface area contributed by atoms with Gasteiger partial charge in [0.2, 0.25) is 5.95 Å². The minimum Gasteiger partial charge on any atom is -0.366 e. The number of halogens is 1. The molecule has 0 aromatic carbocycles. The Bertz CT molecular complexity index is 622. The maximum Gasteiger partial charge on any atom is 0.253 e. The predicted molar refractivity (Wildman–Crippen MR) is 68.1 cm³/mol. The van der Waals surface area contributed by atoms with Crippen LogP contribution in [0.4, 0.5) is 10.2 Å². The van der Waals surface area contributed by atoms with E-state index in [1.807, 2.05) is 19.9 Å². The second kappa shape index (κ2) is 5.00. The molecule has 2 heterocycles. The van der Waals surface area contributed by atoms with E-state index in [1.54, 1.807) is 12.1 Å². The van der Waals surface area contributed by atoms with E-state index in [2.05, 4.69) is 15.3 Å². The largest absolute Gasteiger partial charge is 0.366 e. The highest BCUT2D eigenvalue weighted by Gasteiger charge is 2.05. The van der Waals surface area contributed by atoms with Crippen molar-refractivity contribution in [3.8, 4) is 0 Å². The molecule has 0 aliphatic rings. The van der Waals surface area contributed by atoms with Gasteiger partial charge in [-0.1, -0.05) is 6.07 Å². The number of rotatable bonds is 3. The Labute approximate surface area is 104 Å². The quantitative estimate of drug-likeness (QED) is 0.817. The number of nitrogens with one attached hydrogen (secondary N) is 2. The van der Waals surface area contributed by atoms with Gasteiger partial charge >= 0.3 is 0 Å². The number of hydrogen-bond acceptors (Lipinski definition) is 3. The first-order chi connectivity index (χ1) is 8.56. The highest BCUT2D eigenvalue weighted by atomic mass is 19.1. The Kier molecular flexibility index (Phi) is 3.41. The van der Waals surface area contributed by atoms with Gasteiger partial charge in [-0.05, 0) is 37.6 Å². The maximum atomic E-state index is 12.9. The third kappa shape index (κ3) is 2.74. The summed E-state index contributed by atoms with van der Waals surface area (Å²) in [6, 6.07) is 6.39. The fraction of sp³-hybridized carbons (Fsp3) is 0.231. The number of aromatic nitrogens is 2. The van der Waals surface area contributed by atoms with E-state index in [9.17, 15) is 9.18 Å². The molecule has 0 amide bonds. The van der Waals surface area contributed by atoms with E-state index in [1.165, 1.54) is 6.07 Å². The van der Waals surface area contributed by atoms with Crippen molar-refractivity contribution >= 4 is 5.82 Å².